The maximum atomic E-state index is 12.6. The van der Waals surface area contributed by atoms with Crippen LogP contribution in [0.1, 0.15) is 55.3 Å². The molecule has 2 aliphatic carbocycles. The Morgan fingerprint density at radius 2 is 1.74 bits per heavy atom. The van der Waals surface area contributed by atoms with Gasteiger partial charge in [-0.2, -0.15) is 0 Å². The van der Waals surface area contributed by atoms with Gasteiger partial charge in [0.1, 0.15) is 4.90 Å². The topological polar surface area (TPSA) is 95.5 Å². The quantitative estimate of drug-likeness (QED) is 0.741. The molecule has 2 aliphatic rings. The molecule has 2 saturated carbocycles. The van der Waals surface area contributed by atoms with Crippen molar-refractivity contribution in [2.24, 2.45) is 0 Å². The first-order chi connectivity index (χ1) is 11.0. The third-order valence-electron chi connectivity index (χ3n) is 4.38. The predicted molar refractivity (Wildman–Crippen MR) is 87.2 cm³/mol. The molecule has 0 unspecified atom stereocenters. The van der Waals surface area contributed by atoms with Gasteiger partial charge >= 0.3 is 5.97 Å². The number of aromatic carboxylic acids is 1. The highest BCUT2D eigenvalue weighted by molar-refractivity contribution is 7.89. The molecule has 0 aromatic heterocycles. The van der Waals surface area contributed by atoms with Crippen molar-refractivity contribution in [3.05, 3.63) is 23.8 Å². The SMILES string of the molecule is O=C(O)c1ccc(NC2CCCCC2)c(S(=O)(=O)NC2CC2)c1. The van der Waals surface area contributed by atoms with Gasteiger partial charge in [-0.15, -0.1) is 0 Å². The van der Waals surface area contributed by atoms with E-state index in [1.54, 1.807) is 6.07 Å². The average Bonchev–Trinajstić information content (AvgIpc) is 3.31. The number of rotatable bonds is 6. The number of sulfonamides is 1. The Kier molecular flexibility index (Phi) is 4.59. The van der Waals surface area contributed by atoms with Crippen LogP contribution in [0, 0.1) is 0 Å². The second-order valence-corrected chi connectivity index (χ2v) is 8.07. The first-order valence-corrected chi connectivity index (χ1v) is 9.60. The van der Waals surface area contributed by atoms with Crippen LogP contribution >= 0.6 is 0 Å². The molecule has 3 rings (SSSR count). The smallest absolute Gasteiger partial charge is 0.335 e. The fourth-order valence-electron chi connectivity index (χ4n) is 2.95. The number of hydrogen-bond donors (Lipinski definition) is 3. The molecule has 0 spiro atoms. The Bertz CT molecular complexity index is 692. The van der Waals surface area contributed by atoms with E-state index in [4.69, 9.17) is 5.11 Å². The first kappa shape index (κ1) is 16.3. The van der Waals surface area contributed by atoms with E-state index in [1.807, 2.05) is 0 Å². The van der Waals surface area contributed by atoms with Gasteiger partial charge in [0.2, 0.25) is 10.0 Å². The minimum Gasteiger partial charge on any atom is -0.478 e. The fourth-order valence-corrected chi connectivity index (χ4v) is 4.45. The van der Waals surface area contributed by atoms with E-state index in [9.17, 15) is 13.2 Å². The largest absolute Gasteiger partial charge is 0.478 e. The van der Waals surface area contributed by atoms with E-state index >= 15 is 0 Å². The van der Waals surface area contributed by atoms with Crippen LogP contribution in [0.4, 0.5) is 5.69 Å². The van der Waals surface area contributed by atoms with Crippen LogP contribution in [0.5, 0.6) is 0 Å². The molecule has 0 radical (unpaired) electrons. The van der Waals surface area contributed by atoms with Crippen molar-refractivity contribution in [1.82, 2.24) is 4.72 Å². The maximum Gasteiger partial charge on any atom is 0.335 e. The van der Waals surface area contributed by atoms with Crippen molar-refractivity contribution < 1.29 is 18.3 Å². The van der Waals surface area contributed by atoms with Gasteiger partial charge in [0.05, 0.1) is 11.3 Å². The van der Waals surface area contributed by atoms with Crippen molar-refractivity contribution in [2.75, 3.05) is 5.32 Å². The van der Waals surface area contributed by atoms with E-state index in [-0.39, 0.29) is 22.5 Å². The van der Waals surface area contributed by atoms with Crippen LogP contribution in [0.25, 0.3) is 0 Å². The number of carbonyl (C=O) groups is 1. The normalized spacial score (nSPS) is 19.5. The zero-order valence-electron chi connectivity index (χ0n) is 12.9. The number of anilines is 1. The third kappa shape index (κ3) is 4.03. The Morgan fingerprint density at radius 3 is 2.35 bits per heavy atom. The Balaban J connectivity index is 1.91. The van der Waals surface area contributed by atoms with Crippen LogP contribution in [0.3, 0.4) is 0 Å². The summed E-state index contributed by atoms with van der Waals surface area (Å²) in [5.74, 6) is -1.13. The lowest BCUT2D eigenvalue weighted by Gasteiger charge is -2.25. The number of carboxylic acids is 1. The molecule has 126 valence electrons. The summed E-state index contributed by atoms with van der Waals surface area (Å²) in [5.41, 5.74) is 0.477. The van der Waals surface area contributed by atoms with E-state index in [1.165, 1.54) is 18.6 Å². The second kappa shape index (κ2) is 6.49. The molecule has 2 fully saturated rings. The van der Waals surface area contributed by atoms with Gasteiger partial charge in [0.25, 0.3) is 0 Å². The van der Waals surface area contributed by atoms with Crippen LogP contribution in [-0.4, -0.2) is 31.6 Å². The zero-order valence-corrected chi connectivity index (χ0v) is 13.7. The Hall–Kier alpha value is -1.60. The summed E-state index contributed by atoms with van der Waals surface area (Å²) in [6.07, 6.45) is 7.17. The van der Waals surface area contributed by atoms with Crippen LogP contribution < -0.4 is 10.0 Å². The highest BCUT2D eigenvalue weighted by Crippen LogP contribution is 2.29. The van der Waals surface area contributed by atoms with Crippen LogP contribution in [0.15, 0.2) is 23.1 Å². The van der Waals surface area contributed by atoms with Gasteiger partial charge in [-0.05, 0) is 43.9 Å². The molecule has 23 heavy (non-hydrogen) atoms. The molecule has 7 heteroatoms. The molecule has 6 nitrogen and oxygen atoms in total. The molecular formula is C16H22N2O4S. The molecule has 0 atom stereocenters. The van der Waals surface area contributed by atoms with E-state index in [0.717, 1.165) is 38.5 Å². The monoisotopic (exact) mass is 338 g/mol. The molecule has 1 aromatic rings. The lowest BCUT2D eigenvalue weighted by Crippen LogP contribution is -2.29. The molecule has 1 aromatic carbocycles. The first-order valence-electron chi connectivity index (χ1n) is 8.12. The summed E-state index contributed by atoms with van der Waals surface area (Å²) in [7, 11) is -3.71. The fraction of sp³-hybridized carbons (Fsp3) is 0.562. The second-order valence-electron chi connectivity index (χ2n) is 6.39. The van der Waals surface area contributed by atoms with Gasteiger partial charge < -0.3 is 10.4 Å². The average molecular weight is 338 g/mol. The zero-order chi connectivity index (χ0) is 16.4. The summed E-state index contributed by atoms with van der Waals surface area (Å²) in [6, 6.07) is 4.49. The highest BCUT2D eigenvalue weighted by atomic mass is 32.2. The highest BCUT2D eigenvalue weighted by Gasteiger charge is 2.30. The summed E-state index contributed by atoms with van der Waals surface area (Å²) in [5, 5.41) is 12.4. The predicted octanol–water partition coefficient (Wildman–Crippen LogP) is 2.57. The van der Waals surface area contributed by atoms with Gasteiger partial charge in [0.15, 0.2) is 0 Å². The number of carboxylic acid groups (broad SMARTS) is 1. The third-order valence-corrected chi connectivity index (χ3v) is 5.94. The van der Waals surface area contributed by atoms with Gasteiger partial charge in [-0.3, -0.25) is 0 Å². The molecule has 0 bridgehead atoms. The molecule has 0 aliphatic heterocycles. The lowest BCUT2D eigenvalue weighted by molar-refractivity contribution is 0.0696. The van der Waals surface area contributed by atoms with Gasteiger partial charge in [-0.25, -0.2) is 17.9 Å². The minimum absolute atomic E-state index is 0.0176. The minimum atomic E-state index is -3.71. The van der Waals surface area contributed by atoms with Crippen molar-refractivity contribution in [3.8, 4) is 0 Å². The maximum absolute atomic E-state index is 12.6. The van der Waals surface area contributed by atoms with E-state index < -0.39 is 16.0 Å². The van der Waals surface area contributed by atoms with Crippen LogP contribution in [-0.2, 0) is 10.0 Å². The van der Waals surface area contributed by atoms with Gasteiger partial charge in [-0.1, -0.05) is 19.3 Å². The van der Waals surface area contributed by atoms with E-state index in [2.05, 4.69) is 10.0 Å². The summed E-state index contributed by atoms with van der Waals surface area (Å²) in [6.45, 7) is 0. The Morgan fingerprint density at radius 1 is 1.04 bits per heavy atom. The molecular weight excluding hydrogens is 316 g/mol. The van der Waals surface area contributed by atoms with Crippen molar-refractivity contribution >= 4 is 21.7 Å². The number of hydrogen-bond acceptors (Lipinski definition) is 4. The van der Waals surface area contributed by atoms with E-state index in [0.29, 0.717) is 5.69 Å². The standard InChI is InChI=1S/C16H22N2O4S/c19-16(20)11-6-9-14(17-12-4-2-1-3-5-12)15(10-11)23(21,22)18-13-7-8-13/h6,9-10,12-13,17-18H,1-5,7-8H2,(H,19,20). The lowest BCUT2D eigenvalue weighted by atomic mass is 9.95. The van der Waals surface area contributed by atoms with Crippen LogP contribution in [0.2, 0.25) is 0 Å². The Labute approximate surface area is 136 Å². The van der Waals surface area contributed by atoms with Gasteiger partial charge in [0, 0.05) is 12.1 Å². The van der Waals surface area contributed by atoms with Crippen molar-refractivity contribution in [3.63, 3.8) is 0 Å². The molecule has 0 saturated heterocycles. The number of benzene rings is 1. The van der Waals surface area contributed by atoms with Crippen molar-refractivity contribution in [1.29, 1.82) is 0 Å². The molecule has 0 amide bonds. The number of nitrogens with one attached hydrogen (secondary N) is 2. The van der Waals surface area contributed by atoms with Crippen molar-refractivity contribution in [2.45, 2.75) is 61.9 Å². The summed E-state index contributed by atoms with van der Waals surface area (Å²) >= 11 is 0. The molecule has 0 heterocycles. The summed E-state index contributed by atoms with van der Waals surface area (Å²) < 4.78 is 27.8. The summed E-state index contributed by atoms with van der Waals surface area (Å²) in [4.78, 5) is 11.2. The molecule has 3 N–H and O–H groups in total.